The van der Waals surface area contributed by atoms with Crippen molar-refractivity contribution in [2.24, 2.45) is 5.92 Å². The lowest BCUT2D eigenvalue weighted by Gasteiger charge is -2.17. The van der Waals surface area contributed by atoms with Crippen molar-refractivity contribution in [1.29, 1.82) is 0 Å². The summed E-state index contributed by atoms with van der Waals surface area (Å²) in [4.78, 5) is 26.4. The van der Waals surface area contributed by atoms with Gasteiger partial charge in [0, 0.05) is 31.1 Å². The highest BCUT2D eigenvalue weighted by Gasteiger charge is 2.30. The lowest BCUT2D eigenvalue weighted by molar-refractivity contribution is -0.117. The molecule has 0 radical (unpaired) electrons. The van der Waals surface area contributed by atoms with Crippen LogP contribution in [0.2, 0.25) is 0 Å². The van der Waals surface area contributed by atoms with Crippen molar-refractivity contribution in [1.82, 2.24) is 5.32 Å². The number of methoxy groups -OCH3 is 1. The number of carbonyl (C=O) groups excluding carboxylic acids is 2. The number of anilines is 1. The van der Waals surface area contributed by atoms with Gasteiger partial charge >= 0.3 is 0 Å². The molecule has 25 heavy (non-hydrogen) atoms. The van der Waals surface area contributed by atoms with Gasteiger partial charge in [0.25, 0.3) is 5.91 Å². The Balaban J connectivity index is 1.60. The Morgan fingerprint density at radius 3 is 2.64 bits per heavy atom. The second kappa shape index (κ2) is 7.38. The van der Waals surface area contributed by atoms with Crippen LogP contribution in [0.3, 0.4) is 0 Å². The number of rotatable bonds is 5. The largest absolute Gasteiger partial charge is 0.496 e. The molecule has 0 aromatic heterocycles. The molecule has 1 aliphatic rings. The molecule has 1 fully saturated rings. The van der Waals surface area contributed by atoms with Gasteiger partial charge in [-0.3, -0.25) is 9.59 Å². The fraction of sp³-hybridized carbons (Fsp3) is 0.300. The van der Waals surface area contributed by atoms with Gasteiger partial charge < -0.3 is 15.0 Å². The molecule has 2 amide bonds. The van der Waals surface area contributed by atoms with E-state index in [2.05, 4.69) is 5.32 Å². The summed E-state index contributed by atoms with van der Waals surface area (Å²) in [5.41, 5.74) is 2.58. The van der Waals surface area contributed by atoms with E-state index in [0.29, 0.717) is 30.8 Å². The van der Waals surface area contributed by atoms with Crippen molar-refractivity contribution >= 4 is 17.5 Å². The molecule has 1 aliphatic heterocycles. The number of nitrogens with zero attached hydrogens (tertiary/aromatic N) is 1. The fourth-order valence-corrected chi connectivity index (χ4v) is 3.06. The molecule has 0 bridgehead atoms. The first-order chi connectivity index (χ1) is 12.1. The van der Waals surface area contributed by atoms with Crippen LogP contribution in [-0.4, -0.2) is 32.0 Å². The normalized spacial score (nSPS) is 16.8. The minimum absolute atomic E-state index is 0.0976. The van der Waals surface area contributed by atoms with Crippen LogP contribution in [0.1, 0.15) is 22.3 Å². The van der Waals surface area contributed by atoms with E-state index >= 15 is 0 Å². The van der Waals surface area contributed by atoms with E-state index < -0.39 is 0 Å². The van der Waals surface area contributed by atoms with Gasteiger partial charge in [-0.15, -0.1) is 0 Å². The summed E-state index contributed by atoms with van der Waals surface area (Å²) in [7, 11) is 1.54. The van der Waals surface area contributed by atoms with Gasteiger partial charge in [0.05, 0.1) is 12.7 Å². The van der Waals surface area contributed by atoms with Crippen LogP contribution in [0.15, 0.2) is 48.5 Å². The lowest BCUT2D eigenvalue weighted by atomic mass is 10.1. The summed E-state index contributed by atoms with van der Waals surface area (Å²) >= 11 is 0. The molecule has 1 atom stereocenters. The maximum atomic E-state index is 12.4. The SMILES string of the molecule is COc1ccccc1C(=O)NCC1CC(=O)N(c2ccc(C)cc2)C1. The zero-order valence-corrected chi connectivity index (χ0v) is 14.5. The molecule has 0 saturated carbocycles. The molecule has 2 aromatic carbocycles. The Hall–Kier alpha value is -2.82. The van der Waals surface area contributed by atoms with E-state index in [9.17, 15) is 9.59 Å². The van der Waals surface area contributed by atoms with Crippen molar-refractivity contribution < 1.29 is 14.3 Å². The predicted molar refractivity (Wildman–Crippen MR) is 97.0 cm³/mol. The van der Waals surface area contributed by atoms with Gasteiger partial charge in [-0.05, 0) is 31.2 Å². The molecular weight excluding hydrogens is 316 g/mol. The molecule has 1 heterocycles. The molecule has 5 heteroatoms. The van der Waals surface area contributed by atoms with E-state index in [1.54, 1.807) is 30.2 Å². The minimum atomic E-state index is -0.182. The van der Waals surface area contributed by atoms with E-state index in [1.165, 1.54) is 0 Å². The molecule has 0 spiro atoms. The maximum absolute atomic E-state index is 12.4. The van der Waals surface area contributed by atoms with Crippen molar-refractivity contribution in [3.05, 3.63) is 59.7 Å². The first kappa shape index (κ1) is 17.0. The molecular formula is C20H22N2O3. The van der Waals surface area contributed by atoms with Crippen molar-refractivity contribution in [3.8, 4) is 5.75 Å². The average molecular weight is 338 g/mol. The summed E-state index contributed by atoms with van der Waals surface area (Å²) in [6.45, 7) is 3.10. The summed E-state index contributed by atoms with van der Waals surface area (Å²) in [5, 5.41) is 2.92. The predicted octanol–water partition coefficient (Wildman–Crippen LogP) is 2.79. The number of hydrogen-bond acceptors (Lipinski definition) is 3. The molecule has 0 aliphatic carbocycles. The summed E-state index contributed by atoms with van der Waals surface area (Å²) in [5.74, 6) is 0.565. The highest BCUT2D eigenvalue weighted by atomic mass is 16.5. The topological polar surface area (TPSA) is 58.6 Å². The Morgan fingerprint density at radius 1 is 1.20 bits per heavy atom. The number of carbonyl (C=O) groups is 2. The minimum Gasteiger partial charge on any atom is -0.496 e. The van der Waals surface area contributed by atoms with Gasteiger partial charge in [-0.1, -0.05) is 29.8 Å². The Morgan fingerprint density at radius 2 is 1.92 bits per heavy atom. The highest BCUT2D eigenvalue weighted by Crippen LogP contribution is 2.25. The maximum Gasteiger partial charge on any atom is 0.255 e. The number of ether oxygens (including phenoxy) is 1. The van der Waals surface area contributed by atoms with Crippen LogP contribution in [0.4, 0.5) is 5.69 Å². The number of amides is 2. The molecule has 130 valence electrons. The number of benzene rings is 2. The monoisotopic (exact) mass is 338 g/mol. The summed E-state index contributed by atoms with van der Waals surface area (Å²) in [6, 6.07) is 15.0. The van der Waals surface area contributed by atoms with Crippen LogP contribution in [0.25, 0.3) is 0 Å². The van der Waals surface area contributed by atoms with E-state index in [-0.39, 0.29) is 17.7 Å². The van der Waals surface area contributed by atoms with Gasteiger partial charge in [0.1, 0.15) is 5.75 Å². The standard InChI is InChI=1S/C20H22N2O3/c1-14-7-9-16(10-8-14)22-13-15(11-19(22)23)12-21-20(24)17-5-3-4-6-18(17)25-2/h3-10,15H,11-13H2,1-2H3,(H,21,24). The lowest BCUT2D eigenvalue weighted by Crippen LogP contribution is -2.31. The molecule has 1 saturated heterocycles. The first-order valence-electron chi connectivity index (χ1n) is 8.36. The first-order valence-corrected chi connectivity index (χ1v) is 8.36. The third kappa shape index (κ3) is 3.82. The van der Waals surface area contributed by atoms with Gasteiger partial charge in [-0.2, -0.15) is 0 Å². The smallest absolute Gasteiger partial charge is 0.255 e. The van der Waals surface area contributed by atoms with E-state index in [1.807, 2.05) is 37.3 Å². The fourth-order valence-electron chi connectivity index (χ4n) is 3.06. The average Bonchev–Trinajstić information content (AvgIpc) is 3.01. The Kier molecular flexibility index (Phi) is 5.03. The Bertz CT molecular complexity index is 771. The van der Waals surface area contributed by atoms with Crippen LogP contribution in [0, 0.1) is 12.8 Å². The molecule has 5 nitrogen and oxygen atoms in total. The van der Waals surface area contributed by atoms with Gasteiger partial charge in [0.15, 0.2) is 0 Å². The van der Waals surface area contributed by atoms with Crippen LogP contribution < -0.4 is 15.0 Å². The van der Waals surface area contributed by atoms with Crippen molar-refractivity contribution in [2.45, 2.75) is 13.3 Å². The zero-order chi connectivity index (χ0) is 17.8. The molecule has 3 rings (SSSR count). The zero-order valence-electron chi connectivity index (χ0n) is 14.5. The van der Waals surface area contributed by atoms with Gasteiger partial charge in [-0.25, -0.2) is 0 Å². The van der Waals surface area contributed by atoms with Gasteiger partial charge in [0.2, 0.25) is 5.91 Å². The summed E-state index contributed by atoms with van der Waals surface area (Å²) in [6.07, 6.45) is 0.445. The Labute approximate surface area is 147 Å². The van der Waals surface area contributed by atoms with Crippen LogP contribution >= 0.6 is 0 Å². The third-order valence-corrected chi connectivity index (χ3v) is 4.45. The van der Waals surface area contributed by atoms with Crippen LogP contribution in [0.5, 0.6) is 5.75 Å². The molecule has 2 aromatic rings. The number of para-hydroxylation sites is 1. The second-order valence-corrected chi connectivity index (χ2v) is 6.32. The molecule has 1 unspecified atom stereocenters. The number of hydrogen-bond donors (Lipinski definition) is 1. The molecule has 1 N–H and O–H groups in total. The van der Waals surface area contributed by atoms with Crippen molar-refractivity contribution in [2.75, 3.05) is 25.1 Å². The number of nitrogens with one attached hydrogen (secondary N) is 1. The van der Waals surface area contributed by atoms with Crippen LogP contribution in [-0.2, 0) is 4.79 Å². The highest BCUT2D eigenvalue weighted by molar-refractivity contribution is 5.97. The second-order valence-electron chi connectivity index (χ2n) is 6.32. The van der Waals surface area contributed by atoms with E-state index in [0.717, 1.165) is 11.3 Å². The quantitative estimate of drug-likeness (QED) is 0.912. The van der Waals surface area contributed by atoms with Crippen molar-refractivity contribution in [3.63, 3.8) is 0 Å². The summed E-state index contributed by atoms with van der Waals surface area (Å²) < 4.78 is 5.22. The number of aryl methyl sites for hydroxylation is 1. The van der Waals surface area contributed by atoms with E-state index in [4.69, 9.17) is 4.74 Å². The third-order valence-electron chi connectivity index (χ3n) is 4.45.